The number of fused-ring (bicyclic) bond motifs is 1. The number of hydrogen-bond donors (Lipinski definition) is 3. The van der Waals surface area contributed by atoms with Crippen molar-refractivity contribution < 1.29 is 13.2 Å². The van der Waals surface area contributed by atoms with E-state index in [2.05, 4.69) is 51.4 Å². The molecule has 0 spiro atoms. The van der Waals surface area contributed by atoms with Crippen molar-refractivity contribution in [2.75, 3.05) is 18.8 Å². The molecule has 3 heterocycles. The van der Waals surface area contributed by atoms with E-state index in [1.165, 1.54) is 5.56 Å². The van der Waals surface area contributed by atoms with Crippen molar-refractivity contribution >= 4 is 38.2 Å². The van der Waals surface area contributed by atoms with Gasteiger partial charge in [0.15, 0.2) is 0 Å². The number of carbonyl (C=O) groups is 1. The molecular formula is C28H32N4O3S2. The summed E-state index contributed by atoms with van der Waals surface area (Å²) in [6, 6.07) is 14.4. The quantitative estimate of drug-likeness (QED) is 0.285. The Balaban J connectivity index is 1.42. The first kappa shape index (κ1) is 25.7. The summed E-state index contributed by atoms with van der Waals surface area (Å²) in [4.78, 5) is 15.7. The van der Waals surface area contributed by atoms with Crippen LogP contribution in [0.4, 0.5) is 0 Å². The van der Waals surface area contributed by atoms with Gasteiger partial charge in [0.05, 0.1) is 16.8 Å². The molecule has 0 unspecified atom stereocenters. The lowest BCUT2D eigenvalue weighted by molar-refractivity contribution is 0.100. The van der Waals surface area contributed by atoms with Crippen LogP contribution in [0.2, 0.25) is 0 Å². The maximum Gasteiger partial charge on any atom is 0.250 e. The molecule has 9 heteroatoms. The van der Waals surface area contributed by atoms with Gasteiger partial charge in [-0.2, -0.15) is 11.3 Å². The number of nitrogens with zero attached hydrogens (tertiary/aromatic N) is 1. The highest BCUT2D eigenvalue weighted by molar-refractivity contribution is 7.89. The average Bonchev–Trinajstić information content (AvgIpc) is 3.58. The zero-order chi connectivity index (χ0) is 26.0. The van der Waals surface area contributed by atoms with E-state index < -0.39 is 15.9 Å². The SMILES string of the molecule is CCS(=O)(=O)N1CCC(c2c[nH]c3c(C(N)=O)cc(-c4cccc(CNCc5ccsc5)c4)cc23)CC1. The second-order valence-electron chi connectivity index (χ2n) is 9.56. The maximum absolute atomic E-state index is 12.4. The molecule has 5 rings (SSSR count). The van der Waals surface area contributed by atoms with Crippen LogP contribution in [-0.2, 0) is 23.1 Å². The third-order valence-corrected chi connectivity index (χ3v) is 9.85. The van der Waals surface area contributed by atoms with Crippen molar-refractivity contribution in [3.8, 4) is 11.1 Å². The predicted octanol–water partition coefficient (Wildman–Crippen LogP) is 4.81. The summed E-state index contributed by atoms with van der Waals surface area (Å²) in [5.41, 5.74) is 12.5. The molecule has 2 aromatic heterocycles. The molecule has 1 amide bonds. The molecule has 4 aromatic rings. The van der Waals surface area contributed by atoms with Crippen LogP contribution in [0.25, 0.3) is 22.0 Å². The Morgan fingerprint density at radius 1 is 1.11 bits per heavy atom. The fraction of sp³-hybridized carbons (Fsp3) is 0.321. The molecule has 1 fully saturated rings. The van der Waals surface area contributed by atoms with E-state index in [-0.39, 0.29) is 11.7 Å². The minimum atomic E-state index is -3.18. The molecule has 37 heavy (non-hydrogen) atoms. The Hall–Kier alpha value is -2.98. The van der Waals surface area contributed by atoms with Gasteiger partial charge in [-0.15, -0.1) is 0 Å². The normalized spacial score (nSPS) is 15.4. The Kier molecular flexibility index (Phi) is 7.48. The number of H-pyrrole nitrogens is 1. The number of benzene rings is 2. The molecule has 1 aliphatic heterocycles. The van der Waals surface area contributed by atoms with Crippen LogP contribution in [-0.4, -0.2) is 42.5 Å². The van der Waals surface area contributed by atoms with Crippen LogP contribution in [0, 0.1) is 0 Å². The van der Waals surface area contributed by atoms with Crippen LogP contribution in [0.5, 0.6) is 0 Å². The summed E-state index contributed by atoms with van der Waals surface area (Å²) in [5, 5.41) is 8.69. The van der Waals surface area contributed by atoms with Crippen molar-refractivity contribution in [3.05, 3.63) is 81.7 Å². The van der Waals surface area contributed by atoms with Crippen molar-refractivity contribution in [2.24, 2.45) is 5.73 Å². The number of thiophene rings is 1. The highest BCUT2D eigenvalue weighted by atomic mass is 32.2. The number of carbonyl (C=O) groups excluding carboxylic acids is 1. The van der Waals surface area contributed by atoms with Crippen molar-refractivity contribution in [2.45, 2.75) is 38.8 Å². The second-order valence-corrected chi connectivity index (χ2v) is 12.6. The number of aromatic amines is 1. The Bertz CT molecular complexity index is 1500. The summed E-state index contributed by atoms with van der Waals surface area (Å²) in [6.45, 7) is 4.26. The number of primary amides is 1. The van der Waals surface area contributed by atoms with Gasteiger partial charge in [0.25, 0.3) is 5.91 Å². The van der Waals surface area contributed by atoms with Gasteiger partial charge < -0.3 is 16.0 Å². The first-order chi connectivity index (χ1) is 17.9. The maximum atomic E-state index is 12.4. The van der Waals surface area contributed by atoms with E-state index in [0.717, 1.165) is 59.1 Å². The summed E-state index contributed by atoms with van der Waals surface area (Å²) < 4.78 is 26.2. The molecule has 4 N–H and O–H groups in total. The average molecular weight is 537 g/mol. The number of aromatic nitrogens is 1. The summed E-state index contributed by atoms with van der Waals surface area (Å²) in [7, 11) is -3.18. The zero-order valence-electron chi connectivity index (χ0n) is 20.9. The summed E-state index contributed by atoms with van der Waals surface area (Å²) >= 11 is 1.69. The van der Waals surface area contributed by atoms with Crippen molar-refractivity contribution in [1.29, 1.82) is 0 Å². The molecule has 0 radical (unpaired) electrons. The molecule has 7 nitrogen and oxygen atoms in total. The van der Waals surface area contributed by atoms with E-state index >= 15 is 0 Å². The lowest BCUT2D eigenvalue weighted by atomic mass is 9.88. The van der Waals surface area contributed by atoms with E-state index in [0.29, 0.717) is 18.7 Å². The lowest BCUT2D eigenvalue weighted by Gasteiger charge is -2.31. The van der Waals surface area contributed by atoms with Gasteiger partial charge in [-0.05, 0) is 88.5 Å². The molecule has 194 valence electrons. The lowest BCUT2D eigenvalue weighted by Crippen LogP contribution is -2.38. The third kappa shape index (κ3) is 5.50. The van der Waals surface area contributed by atoms with Crippen LogP contribution in [0.3, 0.4) is 0 Å². The fourth-order valence-corrected chi connectivity index (χ4v) is 6.99. The molecule has 1 aliphatic rings. The van der Waals surface area contributed by atoms with Crippen molar-refractivity contribution in [1.82, 2.24) is 14.6 Å². The summed E-state index contributed by atoms with van der Waals surface area (Å²) in [6.07, 6.45) is 3.45. The van der Waals surface area contributed by atoms with Crippen LogP contribution in [0.15, 0.2) is 59.4 Å². The molecule has 2 aromatic carbocycles. The van der Waals surface area contributed by atoms with Gasteiger partial charge in [0, 0.05) is 37.8 Å². The van der Waals surface area contributed by atoms with E-state index in [1.54, 1.807) is 22.6 Å². The molecule has 0 atom stereocenters. The van der Waals surface area contributed by atoms with Gasteiger partial charge in [-0.1, -0.05) is 18.2 Å². The number of nitrogens with two attached hydrogens (primary N) is 1. The largest absolute Gasteiger partial charge is 0.366 e. The number of amides is 1. The second kappa shape index (κ2) is 10.8. The predicted molar refractivity (Wildman–Crippen MR) is 150 cm³/mol. The highest BCUT2D eigenvalue weighted by Gasteiger charge is 2.29. The van der Waals surface area contributed by atoms with E-state index in [1.807, 2.05) is 18.3 Å². The highest BCUT2D eigenvalue weighted by Crippen LogP contribution is 2.37. The molecule has 0 bridgehead atoms. The zero-order valence-corrected chi connectivity index (χ0v) is 22.5. The van der Waals surface area contributed by atoms with E-state index in [4.69, 9.17) is 5.73 Å². The number of sulfonamides is 1. The smallest absolute Gasteiger partial charge is 0.250 e. The van der Waals surface area contributed by atoms with Gasteiger partial charge in [-0.3, -0.25) is 4.79 Å². The number of hydrogen-bond acceptors (Lipinski definition) is 5. The topological polar surface area (TPSA) is 108 Å². The fourth-order valence-electron chi connectivity index (χ4n) is 5.18. The Morgan fingerprint density at radius 2 is 1.89 bits per heavy atom. The minimum absolute atomic E-state index is 0.124. The molecule has 1 saturated heterocycles. The van der Waals surface area contributed by atoms with Gasteiger partial charge in [0.2, 0.25) is 10.0 Å². The van der Waals surface area contributed by atoms with Gasteiger partial charge in [0.1, 0.15) is 0 Å². The standard InChI is InChI=1S/C28H32N4O3S2/c1-2-37(34,35)32-9-6-21(7-10-32)26-17-31-27-24(26)13-23(14-25(27)28(29)33)22-5-3-4-19(12-22)15-30-16-20-8-11-36-18-20/h3-5,8,11-14,17-18,21,30-31H,2,6-7,9-10,15-16H2,1H3,(H2,29,33). The Morgan fingerprint density at radius 3 is 2.59 bits per heavy atom. The van der Waals surface area contributed by atoms with Crippen LogP contribution in [0.1, 0.15) is 52.7 Å². The van der Waals surface area contributed by atoms with Crippen LogP contribution < -0.4 is 11.1 Å². The molecular weight excluding hydrogens is 504 g/mol. The van der Waals surface area contributed by atoms with Gasteiger partial charge in [-0.25, -0.2) is 12.7 Å². The van der Waals surface area contributed by atoms with Crippen molar-refractivity contribution in [3.63, 3.8) is 0 Å². The number of nitrogens with one attached hydrogen (secondary N) is 2. The molecule has 0 aliphatic carbocycles. The minimum Gasteiger partial charge on any atom is -0.366 e. The number of piperidine rings is 1. The van der Waals surface area contributed by atoms with E-state index in [9.17, 15) is 13.2 Å². The first-order valence-corrected chi connectivity index (χ1v) is 15.1. The molecule has 0 saturated carbocycles. The van der Waals surface area contributed by atoms with Gasteiger partial charge >= 0.3 is 0 Å². The summed E-state index contributed by atoms with van der Waals surface area (Å²) in [5.74, 6) is -0.142. The van der Waals surface area contributed by atoms with Crippen LogP contribution >= 0.6 is 11.3 Å². The first-order valence-electron chi connectivity index (χ1n) is 12.6. The monoisotopic (exact) mass is 536 g/mol. The Labute approximate surface area is 221 Å². The third-order valence-electron chi connectivity index (χ3n) is 7.24. The number of rotatable bonds is 9.